The second-order valence-corrected chi connectivity index (χ2v) is 8.11. The Labute approximate surface area is 127 Å². The molecule has 0 aromatic carbocycles. The molecule has 5 nitrogen and oxygen atoms in total. The number of aryl methyl sites for hydroxylation is 1. The van der Waals surface area contributed by atoms with Gasteiger partial charge < -0.3 is 9.67 Å². The molecule has 0 bridgehead atoms. The Morgan fingerprint density at radius 2 is 2.10 bits per heavy atom. The molecule has 0 amide bonds. The van der Waals surface area contributed by atoms with E-state index < -0.39 is 10.0 Å². The molecule has 120 valence electrons. The summed E-state index contributed by atoms with van der Waals surface area (Å²) in [6.07, 6.45) is 4.47. The Balaban J connectivity index is 2.33. The number of sulfonamides is 1. The molecule has 0 unspecified atom stereocenters. The van der Waals surface area contributed by atoms with Gasteiger partial charge in [0.1, 0.15) is 4.90 Å². The lowest BCUT2D eigenvalue weighted by Gasteiger charge is -2.23. The first-order chi connectivity index (χ1) is 9.90. The predicted molar refractivity (Wildman–Crippen MR) is 82.4 cm³/mol. The summed E-state index contributed by atoms with van der Waals surface area (Å²) in [5.74, 6) is 0.301. The van der Waals surface area contributed by atoms with E-state index in [9.17, 15) is 13.5 Å². The molecule has 6 heteroatoms. The van der Waals surface area contributed by atoms with Crippen LogP contribution in [0.15, 0.2) is 17.2 Å². The highest BCUT2D eigenvalue weighted by molar-refractivity contribution is 7.89. The molecule has 1 heterocycles. The fraction of sp³-hybridized carbons (Fsp3) is 0.733. The van der Waals surface area contributed by atoms with Crippen molar-refractivity contribution in [3.8, 4) is 0 Å². The normalized spacial score (nSPS) is 16.1. The van der Waals surface area contributed by atoms with Crippen LogP contribution in [0.3, 0.4) is 0 Å². The van der Waals surface area contributed by atoms with Crippen molar-refractivity contribution in [2.24, 2.45) is 5.92 Å². The number of aliphatic hydroxyl groups excluding tert-OH is 1. The lowest BCUT2D eigenvalue weighted by atomic mass is 10.2. The van der Waals surface area contributed by atoms with Crippen LogP contribution in [0.5, 0.6) is 0 Å². The predicted octanol–water partition coefficient (Wildman–Crippen LogP) is 2.20. The molecule has 0 radical (unpaired) electrons. The Morgan fingerprint density at radius 3 is 2.57 bits per heavy atom. The minimum atomic E-state index is -3.46. The molecule has 0 atom stereocenters. The van der Waals surface area contributed by atoms with Crippen molar-refractivity contribution >= 4 is 10.0 Å². The molecule has 1 fully saturated rings. The van der Waals surface area contributed by atoms with Crippen LogP contribution in [-0.4, -0.2) is 35.0 Å². The monoisotopic (exact) mass is 314 g/mol. The minimum Gasteiger partial charge on any atom is -0.390 e. The molecule has 1 N–H and O–H groups in total. The zero-order valence-corrected chi connectivity index (χ0v) is 13.9. The average molecular weight is 314 g/mol. The third-order valence-corrected chi connectivity index (χ3v) is 5.58. The Hall–Kier alpha value is -0.850. The summed E-state index contributed by atoms with van der Waals surface area (Å²) in [5, 5.41) is 9.40. The second-order valence-electron chi connectivity index (χ2n) is 6.22. The van der Waals surface area contributed by atoms with Crippen LogP contribution in [0, 0.1) is 5.92 Å². The van der Waals surface area contributed by atoms with E-state index in [1.54, 1.807) is 16.6 Å². The molecule has 21 heavy (non-hydrogen) atoms. The van der Waals surface area contributed by atoms with Crippen molar-refractivity contribution in [1.29, 1.82) is 0 Å². The van der Waals surface area contributed by atoms with E-state index in [4.69, 9.17) is 0 Å². The first-order valence-electron chi connectivity index (χ1n) is 7.71. The number of nitrogens with zero attached hydrogens (tertiary/aromatic N) is 2. The summed E-state index contributed by atoms with van der Waals surface area (Å²) < 4.78 is 29.2. The van der Waals surface area contributed by atoms with Crippen molar-refractivity contribution in [3.63, 3.8) is 0 Å². The minimum absolute atomic E-state index is 0.136. The van der Waals surface area contributed by atoms with Crippen molar-refractivity contribution in [2.45, 2.75) is 64.1 Å². The van der Waals surface area contributed by atoms with Gasteiger partial charge in [-0.25, -0.2) is 8.42 Å². The van der Waals surface area contributed by atoms with Crippen molar-refractivity contribution < 1.29 is 13.5 Å². The van der Waals surface area contributed by atoms with Crippen LogP contribution < -0.4 is 0 Å². The van der Waals surface area contributed by atoms with Crippen LogP contribution in [0.1, 0.15) is 45.7 Å². The Bertz CT molecular complexity index is 574. The molecule has 1 saturated carbocycles. The van der Waals surface area contributed by atoms with Gasteiger partial charge in [0.2, 0.25) is 10.0 Å². The molecule has 1 aliphatic rings. The largest absolute Gasteiger partial charge is 0.390 e. The van der Waals surface area contributed by atoms with Crippen LogP contribution in [0.25, 0.3) is 0 Å². The van der Waals surface area contributed by atoms with E-state index in [1.165, 1.54) is 0 Å². The van der Waals surface area contributed by atoms with Gasteiger partial charge in [0, 0.05) is 31.0 Å². The SMILES string of the molecule is CCCn1cc(S(=O)(=O)N(CC(C)C)C2CC2)cc1CO. The van der Waals surface area contributed by atoms with Crippen LogP contribution in [0.4, 0.5) is 0 Å². The maximum atomic E-state index is 12.9. The Morgan fingerprint density at radius 1 is 1.43 bits per heavy atom. The number of aromatic nitrogens is 1. The van der Waals surface area contributed by atoms with Crippen molar-refractivity contribution in [3.05, 3.63) is 18.0 Å². The lowest BCUT2D eigenvalue weighted by molar-refractivity contribution is 0.270. The van der Waals surface area contributed by atoms with E-state index in [-0.39, 0.29) is 12.6 Å². The van der Waals surface area contributed by atoms with Crippen LogP contribution in [0.2, 0.25) is 0 Å². The van der Waals surface area contributed by atoms with E-state index in [0.717, 1.165) is 25.8 Å². The molecular weight excluding hydrogens is 288 g/mol. The number of hydrogen-bond donors (Lipinski definition) is 1. The van der Waals surface area contributed by atoms with E-state index >= 15 is 0 Å². The molecule has 0 saturated heterocycles. The van der Waals surface area contributed by atoms with Crippen LogP contribution >= 0.6 is 0 Å². The van der Waals surface area contributed by atoms with Crippen molar-refractivity contribution in [2.75, 3.05) is 6.54 Å². The highest BCUT2D eigenvalue weighted by Gasteiger charge is 2.38. The summed E-state index contributed by atoms with van der Waals surface area (Å²) in [6, 6.07) is 1.77. The summed E-state index contributed by atoms with van der Waals surface area (Å²) in [4.78, 5) is 0.313. The van der Waals surface area contributed by atoms with Gasteiger partial charge in [0.05, 0.1) is 6.61 Å². The second kappa shape index (κ2) is 6.50. The van der Waals surface area contributed by atoms with E-state index in [2.05, 4.69) is 0 Å². The topological polar surface area (TPSA) is 62.5 Å². The van der Waals surface area contributed by atoms with Gasteiger partial charge in [-0.15, -0.1) is 0 Å². The van der Waals surface area contributed by atoms with E-state index in [1.807, 2.05) is 25.3 Å². The maximum absolute atomic E-state index is 12.9. The van der Waals surface area contributed by atoms with Crippen LogP contribution in [-0.2, 0) is 23.2 Å². The molecule has 0 spiro atoms. The lowest BCUT2D eigenvalue weighted by Crippen LogP contribution is -2.36. The number of rotatable bonds is 8. The first kappa shape index (κ1) is 16.5. The zero-order chi connectivity index (χ0) is 15.6. The molecule has 1 aromatic rings. The van der Waals surface area contributed by atoms with Gasteiger partial charge in [0.25, 0.3) is 0 Å². The fourth-order valence-corrected chi connectivity index (χ4v) is 4.46. The molecule has 1 aromatic heterocycles. The third-order valence-electron chi connectivity index (χ3n) is 3.69. The summed E-state index contributed by atoms with van der Waals surface area (Å²) in [5.41, 5.74) is 0.663. The summed E-state index contributed by atoms with van der Waals surface area (Å²) in [6.45, 7) is 7.24. The first-order valence-corrected chi connectivity index (χ1v) is 9.15. The standard InChI is InChI=1S/C15H26N2O3S/c1-4-7-16-10-15(8-14(16)11-18)21(19,20)17(9-12(2)3)13-5-6-13/h8,10,12-13,18H,4-7,9,11H2,1-3H3. The smallest absolute Gasteiger partial charge is 0.244 e. The van der Waals surface area contributed by atoms with Gasteiger partial charge in [-0.1, -0.05) is 20.8 Å². The number of aliphatic hydroxyl groups is 1. The van der Waals surface area contributed by atoms with Gasteiger partial charge >= 0.3 is 0 Å². The summed E-state index contributed by atoms with van der Waals surface area (Å²) >= 11 is 0. The van der Waals surface area contributed by atoms with Gasteiger partial charge in [0.15, 0.2) is 0 Å². The van der Waals surface area contributed by atoms with Crippen molar-refractivity contribution in [1.82, 2.24) is 8.87 Å². The molecule has 2 rings (SSSR count). The zero-order valence-electron chi connectivity index (χ0n) is 13.1. The fourth-order valence-electron chi connectivity index (χ4n) is 2.55. The molecule has 1 aliphatic carbocycles. The molecule has 0 aliphatic heterocycles. The highest BCUT2D eigenvalue weighted by Crippen LogP contribution is 2.33. The average Bonchev–Trinajstić information content (AvgIpc) is 3.16. The van der Waals surface area contributed by atoms with Gasteiger partial charge in [-0.05, 0) is 31.2 Å². The van der Waals surface area contributed by atoms with Gasteiger partial charge in [-0.3, -0.25) is 0 Å². The molecular formula is C15H26N2O3S. The maximum Gasteiger partial charge on any atom is 0.244 e. The quantitative estimate of drug-likeness (QED) is 0.800. The summed E-state index contributed by atoms with van der Waals surface area (Å²) in [7, 11) is -3.46. The number of hydrogen-bond acceptors (Lipinski definition) is 3. The highest BCUT2D eigenvalue weighted by atomic mass is 32.2. The van der Waals surface area contributed by atoms with E-state index in [0.29, 0.717) is 23.1 Å². The third kappa shape index (κ3) is 3.67. The Kier molecular flexibility index (Phi) is 5.11. The van der Waals surface area contributed by atoms with Gasteiger partial charge in [-0.2, -0.15) is 4.31 Å².